The van der Waals surface area contributed by atoms with Crippen molar-refractivity contribution in [1.82, 2.24) is 10.3 Å². The van der Waals surface area contributed by atoms with Crippen molar-refractivity contribution in [2.24, 2.45) is 45.9 Å². The zero-order chi connectivity index (χ0) is 42.7. The molecule has 0 saturated carbocycles. The molecule has 0 saturated heterocycles. The number of carbonyl (C=O) groups excluding carboxylic acids is 2. The van der Waals surface area contributed by atoms with Crippen molar-refractivity contribution >= 4 is 64.5 Å². The van der Waals surface area contributed by atoms with Crippen molar-refractivity contribution < 1.29 is 69.0 Å². The Balaban J connectivity index is -0.000000615. The predicted octanol–water partition coefficient (Wildman–Crippen LogP) is -4.80. The van der Waals surface area contributed by atoms with Gasteiger partial charge in [-0.1, -0.05) is 18.2 Å². The van der Waals surface area contributed by atoms with Gasteiger partial charge in [0.25, 0.3) is 0 Å². The fraction of sp³-hybridized carbons (Fsp3) is 0.414. The molecule has 5 unspecified atom stereocenters. The average molecular weight is 776 g/mol. The Kier molecular flexibility index (Phi) is 27.1. The van der Waals surface area contributed by atoms with Crippen LogP contribution < -0.4 is 51.2 Å². The number of nitrogens with one attached hydrogen (secondary N) is 3. The van der Waals surface area contributed by atoms with Crippen LogP contribution in [-0.2, 0) is 44.8 Å². The molecule has 1 aromatic carbocycles. The van der Waals surface area contributed by atoms with E-state index in [4.69, 9.17) is 70.5 Å². The number of aromatic amines is 1. The number of nitrogens with two attached hydrogens (primary N) is 8. The Hall–Kier alpha value is -6.41. The summed E-state index contributed by atoms with van der Waals surface area (Å²) in [5, 5.41) is 59.7. The minimum Gasteiger partial charge on any atom is -0.481 e. The fourth-order valence-electron chi connectivity index (χ4n) is 3.18. The molecule has 25 heteroatoms. The molecule has 2 rings (SSSR count). The second-order valence-electron chi connectivity index (χ2n) is 10.7. The predicted molar refractivity (Wildman–Crippen MR) is 189 cm³/mol. The molecule has 1 aromatic heterocycles. The lowest BCUT2D eigenvalue weighted by Crippen LogP contribution is -2.34. The number of H-pyrrole nitrogens is 1. The number of rotatable bonds is 17. The third-order valence-electron chi connectivity index (χ3n) is 5.94. The first-order chi connectivity index (χ1) is 24.8. The largest absolute Gasteiger partial charge is 0.481 e. The second kappa shape index (κ2) is 28.2. The number of primary amides is 2. The minimum absolute atomic E-state index is 0.112. The number of hydrogen-bond donors (Lipinski definition) is 17. The molecule has 2 aromatic rings. The van der Waals surface area contributed by atoms with E-state index in [0.29, 0.717) is 25.8 Å². The van der Waals surface area contributed by atoms with Crippen LogP contribution in [0.3, 0.4) is 0 Å². The quantitative estimate of drug-likeness (QED) is 0.0407. The monoisotopic (exact) mass is 775 g/mol. The maximum absolute atomic E-state index is 10.6. The summed E-state index contributed by atoms with van der Waals surface area (Å²) in [4.78, 5) is 83.3. The Labute approximate surface area is 306 Å². The molecule has 0 radical (unpaired) electrons. The van der Waals surface area contributed by atoms with Gasteiger partial charge in [0.1, 0.15) is 30.2 Å². The van der Waals surface area contributed by atoms with Crippen molar-refractivity contribution in [3.63, 3.8) is 0 Å². The number of carboxylic acid groups (broad SMARTS) is 6. The highest BCUT2D eigenvalue weighted by atomic mass is 16.4. The molecule has 54 heavy (non-hydrogen) atoms. The minimum atomic E-state index is -1.29. The molecule has 1 heterocycles. The van der Waals surface area contributed by atoms with E-state index in [9.17, 15) is 38.4 Å². The third-order valence-corrected chi connectivity index (χ3v) is 5.94. The lowest BCUT2D eigenvalue weighted by atomic mass is 10.1. The van der Waals surface area contributed by atoms with Gasteiger partial charge in [-0.25, -0.2) is 0 Å². The maximum atomic E-state index is 10.6. The summed E-state index contributed by atoms with van der Waals surface area (Å²) in [6, 6.07) is 2.47. The van der Waals surface area contributed by atoms with Gasteiger partial charge in [-0.3, -0.25) is 43.8 Å². The molecule has 0 aliphatic carbocycles. The number of aromatic nitrogens is 1. The van der Waals surface area contributed by atoms with Crippen molar-refractivity contribution in [1.29, 1.82) is 5.41 Å². The first kappa shape index (κ1) is 52.0. The number of guanidine groups is 1. The van der Waals surface area contributed by atoms with Gasteiger partial charge in [0.05, 0.1) is 19.3 Å². The van der Waals surface area contributed by atoms with E-state index >= 15 is 0 Å². The summed E-state index contributed by atoms with van der Waals surface area (Å²) in [7, 11) is 0. The van der Waals surface area contributed by atoms with Crippen molar-refractivity contribution in [3.05, 3.63) is 36.0 Å². The average Bonchev–Trinajstić information content (AvgIpc) is 3.45. The zero-order valence-electron chi connectivity index (χ0n) is 28.8. The van der Waals surface area contributed by atoms with E-state index in [-0.39, 0.29) is 18.8 Å². The van der Waals surface area contributed by atoms with Gasteiger partial charge in [-0.15, -0.1) is 0 Å². The second-order valence-corrected chi connectivity index (χ2v) is 10.7. The first-order valence-corrected chi connectivity index (χ1v) is 15.2. The SMILES string of the molecule is N=C(N)NCCCC(N)C(=O)O.NC(=O)CC(N)C(=O)O.NC(=O)CC(N)C(=O)O.NC(CC(=O)O)C(=O)O.NC(Cc1c[nH]c2ccccc12)C(=O)O. The Morgan fingerprint density at radius 3 is 1.37 bits per heavy atom. The molecular formula is C29H49N11O14. The highest BCUT2D eigenvalue weighted by Gasteiger charge is 2.16. The number of carboxylic acids is 6. The number of aliphatic carboxylic acids is 6. The summed E-state index contributed by atoms with van der Waals surface area (Å²) in [5.41, 5.74) is 41.6. The topological polar surface area (TPSA) is 518 Å². The van der Waals surface area contributed by atoms with Crippen LogP contribution in [0.4, 0.5) is 0 Å². The van der Waals surface area contributed by atoms with Crippen molar-refractivity contribution in [3.8, 4) is 0 Å². The number of benzene rings is 1. The highest BCUT2D eigenvalue weighted by Crippen LogP contribution is 2.18. The first-order valence-electron chi connectivity index (χ1n) is 15.2. The number of fused-ring (bicyclic) bond motifs is 1. The summed E-state index contributed by atoms with van der Waals surface area (Å²) in [5.74, 6) is -8.42. The van der Waals surface area contributed by atoms with Crippen LogP contribution in [-0.4, -0.2) is 126 Å². The van der Waals surface area contributed by atoms with Gasteiger partial charge in [-0.05, 0) is 24.5 Å². The van der Waals surface area contributed by atoms with Crippen molar-refractivity contribution in [2.75, 3.05) is 6.54 Å². The third kappa shape index (κ3) is 28.3. The van der Waals surface area contributed by atoms with Gasteiger partial charge >= 0.3 is 35.8 Å². The number of amides is 2. The van der Waals surface area contributed by atoms with Crippen LogP contribution in [0.15, 0.2) is 30.5 Å². The molecule has 0 fully saturated rings. The molecule has 0 spiro atoms. The van der Waals surface area contributed by atoms with Gasteiger partial charge in [0.15, 0.2) is 5.96 Å². The lowest BCUT2D eigenvalue weighted by molar-refractivity contribution is -0.144. The van der Waals surface area contributed by atoms with Gasteiger partial charge in [-0.2, -0.15) is 0 Å². The van der Waals surface area contributed by atoms with Crippen LogP contribution in [0.5, 0.6) is 0 Å². The highest BCUT2D eigenvalue weighted by molar-refractivity contribution is 5.85. The summed E-state index contributed by atoms with van der Waals surface area (Å²) in [6.07, 6.45) is 1.98. The maximum Gasteiger partial charge on any atom is 0.321 e. The van der Waals surface area contributed by atoms with Crippen molar-refractivity contribution in [2.45, 2.75) is 68.7 Å². The van der Waals surface area contributed by atoms with Crippen LogP contribution in [0.1, 0.15) is 37.7 Å². The van der Waals surface area contributed by atoms with Gasteiger partial charge in [0, 0.05) is 30.1 Å². The normalized spacial score (nSPS) is 12.5. The Morgan fingerprint density at radius 1 is 0.630 bits per heavy atom. The van der Waals surface area contributed by atoms with Crippen LogP contribution in [0.2, 0.25) is 0 Å². The summed E-state index contributed by atoms with van der Waals surface area (Å²) < 4.78 is 0. The molecule has 0 bridgehead atoms. The number of hydrogen-bond acceptors (Lipinski definition) is 14. The Bertz CT molecular complexity index is 1480. The fourth-order valence-corrected chi connectivity index (χ4v) is 3.18. The molecule has 304 valence electrons. The number of para-hydroxylation sites is 1. The Morgan fingerprint density at radius 2 is 1.04 bits per heavy atom. The molecule has 25 N–H and O–H groups in total. The molecule has 0 aliphatic rings. The molecule has 2 amide bonds. The lowest BCUT2D eigenvalue weighted by Gasteiger charge is -2.06. The van der Waals surface area contributed by atoms with Crippen LogP contribution >= 0.6 is 0 Å². The van der Waals surface area contributed by atoms with E-state index in [0.717, 1.165) is 16.5 Å². The smallest absolute Gasteiger partial charge is 0.321 e. The number of carbonyl (C=O) groups is 8. The van der Waals surface area contributed by atoms with E-state index < -0.39 is 84.3 Å². The van der Waals surface area contributed by atoms with E-state index in [1.807, 2.05) is 30.5 Å². The standard InChI is InChI=1S/C11H12N2O2.C6H14N4O2.2C4H8N2O3.C4H7NO4/c12-9(11(14)15)5-7-6-13-10-4-2-1-3-8(7)10;7-4(5(11)12)2-1-3-10-6(8)9;3*5-2(4(8)9)1-3(6)7/h1-4,6,9,13H,5,12H2,(H,14,15);4H,1-3,7H2,(H,11,12)(H4,8,9,10);2*2H,1,5H2,(H2,6,7)(H,8,9);2H,1,5H2,(H,6,7)(H,8,9). The van der Waals surface area contributed by atoms with Gasteiger partial charge < -0.3 is 86.8 Å². The van der Waals surface area contributed by atoms with E-state index in [1.54, 1.807) is 0 Å². The summed E-state index contributed by atoms with van der Waals surface area (Å²) in [6.45, 7) is 0.482. The summed E-state index contributed by atoms with van der Waals surface area (Å²) >= 11 is 0. The van der Waals surface area contributed by atoms with E-state index in [2.05, 4.69) is 21.8 Å². The molecule has 5 atom stereocenters. The molecule has 25 nitrogen and oxygen atoms in total. The zero-order valence-corrected chi connectivity index (χ0v) is 28.8. The van der Waals surface area contributed by atoms with Gasteiger partial charge in [0.2, 0.25) is 11.8 Å². The molecular weight excluding hydrogens is 726 g/mol. The van der Waals surface area contributed by atoms with Crippen LogP contribution in [0.25, 0.3) is 10.9 Å². The van der Waals surface area contributed by atoms with E-state index in [1.165, 1.54) is 0 Å². The molecule has 0 aliphatic heterocycles. The van der Waals surface area contributed by atoms with Crippen LogP contribution in [0, 0.1) is 5.41 Å².